The summed E-state index contributed by atoms with van der Waals surface area (Å²) in [6, 6.07) is 0. The van der Waals surface area contributed by atoms with E-state index in [1.807, 2.05) is 0 Å². The summed E-state index contributed by atoms with van der Waals surface area (Å²) in [5.74, 6) is -0.281. The molecule has 0 aliphatic carbocycles. The highest BCUT2D eigenvalue weighted by molar-refractivity contribution is 7.90. The molecule has 0 fully saturated rings. The second-order valence-corrected chi connectivity index (χ2v) is 5.39. The van der Waals surface area contributed by atoms with Crippen molar-refractivity contribution in [2.75, 3.05) is 5.75 Å². The number of aromatic nitrogens is 2. The molecule has 0 radical (unpaired) electrons. The summed E-state index contributed by atoms with van der Waals surface area (Å²) >= 11 is 0. The fourth-order valence-corrected chi connectivity index (χ4v) is 2.84. The number of hydrogen-bond donors (Lipinski definition) is 2. The lowest BCUT2D eigenvalue weighted by Crippen LogP contribution is -2.33. The van der Waals surface area contributed by atoms with E-state index in [1.54, 1.807) is 0 Å². The van der Waals surface area contributed by atoms with Gasteiger partial charge in [-0.05, 0) is 6.42 Å². The van der Waals surface area contributed by atoms with Crippen LogP contribution in [0.4, 0.5) is 0 Å². The predicted octanol–water partition coefficient (Wildman–Crippen LogP) is -1.47. The Labute approximate surface area is 78.9 Å². The number of nitrogens with one attached hydrogen (secondary N) is 2. The molecule has 0 atom stereocenters. The van der Waals surface area contributed by atoms with Gasteiger partial charge in [-0.2, -0.15) is 0 Å². The summed E-state index contributed by atoms with van der Waals surface area (Å²) in [7, 11) is -3.15. The third-order valence-electron chi connectivity index (χ3n) is 2.16. The van der Waals surface area contributed by atoms with E-state index in [4.69, 9.17) is 0 Å². The molecule has 6 nitrogen and oxygen atoms in total. The summed E-state index contributed by atoms with van der Waals surface area (Å²) in [6.45, 7) is 0. The number of hydrogen-bond acceptors (Lipinski definition) is 4. The van der Waals surface area contributed by atoms with E-state index >= 15 is 0 Å². The average Bonchev–Trinajstić information content (AvgIpc) is 2.00. The first-order chi connectivity index (χ1) is 6.48. The van der Waals surface area contributed by atoms with Crippen LogP contribution in [0.2, 0.25) is 0 Å². The van der Waals surface area contributed by atoms with Crippen LogP contribution in [0.3, 0.4) is 0 Å². The van der Waals surface area contributed by atoms with Crippen LogP contribution in [-0.2, 0) is 22.0 Å². The lowest BCUT2D eigenvalue weighted by molar-refractivity contribution is 0.589. The van der Waals surface area contributed by atoms with Crippen LogP contribution in [-0.4, -0.2) is 24.1 Å². The van der Waals surface area contributed by atoms with Crippen molar-refractivity contribution >= 4 is 9.84 Å². The molecule has 0 bridgehead atoms. The Hall–Kier alpha value is -1.37. The molecule has 7 heteroatoms. The Balaban J connectivity index is 2.70. The monoisotopic (exact) mass is 216 g/mol. The van der Waals surface area contributed by atoms with Gasteiger partial charge in [0.25, 0.3) is 5.56 Å². The van der Waals surface area contributed by atoms with Crippen LogP contribution in [0.1, 0.15) is 11.3 Å². The van der Waals surface area contributed by atoms with Crippen LogP contribution < -0.4 is 11.2 Å². The first kappa shape index (κ1) is 9.20. The van der Waals surface area contributed by atoms with Crippen molar-refractivity contribution in [3.8, 4) is 0 Å². The van der Waals surface area contributed by atoms with E-state index in [1.165, 1.54) is 0 Å². The van der Waals surface area contributed by atoms with E-state index < -0.39 is 21.1 Å². The molecule has 1 aromatic heterocycles. The minimum atomic E-state index is -3.15. The minimum Gasteiger partial charge on any atom is -0.310 e. The number of sulfone groups is 1. The summed E-state index contributed by atoms with van der Waals surface area (Å²) in [6.07, 6.45) is 0.170. The maximum absolute atomic E-state index is 11.2. The Morgan fingerprint density at radius 1 is 1.14 bits per heavy atom. The molecule has 0 unspecified atom stereocenters. The van der Waals surface area contributed by atoms with Crippen molar-refractivity contribution < 1.29 is 8.42 Å². The quantitative estimate of drug-likeness (QED) is 0.553. The molecule has 76 valence electrons. The van der Waals surface area contributed by atoms with Gasteiger partial charge in [-0.25, -0.2) is 13.2 Å². The molecular formula is C7H8N2O4S. The second kappa shape index (κ2) is 2.81. The lowest BCUT2D eigenvalue weighted by atomic mass is 10.2. The fourth-order valence-electron chi connectivity index (χ4n) is 1.50. The summed E-state index contributed by atoms with van der Waals surface area (Å²) < 4.78 is 22.4. The Bertz CT molecular complexity index is 580. The van der Waals surface area contributed by atoms with E-state index in [0.29, 0.717) is 5.56 Å². The zero-order chi connectivity index (χ0) is 10.3. The normalized spacial score (nSPS) is 18.9. The molecule has 0 saturated carbocycles. The molecule has 14 heavy (non-hydrogen) atoms. The highest BCUT2D eigenvalue weighted by atomic mass is 32.2. The van der Waals surface area contributed by atoms with Crippen molar-refractivity contribution in [2.24, 2.45) is 0 Å². The molecule has 0 aromatic carbocycles. The predicted molar refractivity (Wildman–Crippen MR) is 48.9 cm³/mol. The molecule has 0 amide bonds. The molecular weight excluding hydrogens is 208 g/mol. The molecule has 1 aliphatic heterocycles. The van der Waals surface area contributed by atoms with Gasteiger partial charge in [0.2, 0.25) is 0 Å². The van der Waals surface area contributed by atoms with Crippen molar-refractivity contribution in [1.82, 2.24) is 9.97 Å². The van der Waals surface area contributed by atoms with Crippen molar-refractivity contribution in [1.29, 1.82) is 0 Å². The van der Waals surface area contributed by atoms with E-state index in [-0.39, 0.29) is 23.6 Å². The van der Waals surface area contributed by atoms with E-state index in [0.717, 1.165) is 0 Å². The highest BCUT2D eigenvalue weighted by Gasteiger charge is 2.24. The third kappa shape index (κ3) is 1.50. The molecule has 2 N–H and O–H groups in total. The molecule has 2 heterocycles. The van der Waals surface area contributed by atoms with Crippen LogP contribution in [0.5, 0.6) is 0 Å². The minimum absolute atomic E-state index is 0.0326. The zero-order valence-electron chi connectivity index (χ0n) is 7.16. The van der Waals surface area contributed by atoms with Gasteiger partial charge >= 0.3 is 5.69 Å². The first-order valence-electron chi connectivity index (χ1n) is 4.03. The fraction of sp³-hybridized carbons (Fsp3) is 0.429. The second-order valence-electron chi connectivity index (χ2n) is 3.21. The van der Waals surface area contributed by atoms with Crippen molar-refractivity contribution in [2.45, 2.75) is 12.2 Å². The molecule has 0 saturated heterocycles. The SMILES string of the molecule is O=c1[nH]c2c(c(=O)[nH]1)CCS(=O)(=O)C2. The van der Waals surface area contributed by atoms with Gasteiger partial charge < -0.3 is 4.98 Å². The third-order valence-corrected chi connectivity index (χ3v) is 3.71. The van der Waals surface area contributed by atoms with Crippen molar-refractivity contribution in [3.63, 3.8) is 0 Å². The van der Waals surface area contributed by atoms with Gasteiger partial charge in [-0.15, -0.1) is 0 Å². The van der Waals surface area contributed by atoms with Crippen LogP contribution in [0.15, 0.2) is 9.59 Å². The average molecular weight is 216 g/mol. The maximum Gasteiger partial charge on any atom is 0.325 e. The molecule has 1 aromatic rings. The van der Waals surface area contributed by atoms with Crippen molar-refractivity contribution in [3.05, 3.63) is 32.1 Å². The van der Waals surface area contributed by atoms with E-state index in [9.17, 15) is 18.0 Å². The summed E-state index contributed by atoms with van der Waals surface area (Å²) in [4.78, 5) is 26.5. The summed E-state index contributed by atoms with van der Waals surface area (Å²) in [5.41, 5.74) is -0.547. The van der Waals surface area contributed by atoms with Crippen LogP contribution in [0, 0.1) is 0 Å². The van der Waals surface area contributed by atoms with Gasteiger partial charge in [0.15, 0.2) is 9.84 Å². The molecule has 0 spiro atoms. The van der Waals surface area contributed by atoms with Gasteiger partial charge in [0.1, 0.15) is 0 Å². The van der Waals surface area contributed by atoms with Gasteiger partial charge in [-0.1, -0.05) is 0 Å². The first-order valence-corrected chi connectivity index (χ1v) is 5.85. The number of aromatic amines is 2. The maximum atomic E-state index is 11.2. The topological polar surface area (TPSA) is 99.9 Å². The highest BCUT2D eigenvalue weighted by Crippen LogP contribution is 2.13. The molecule has 1 aliphatic rings. The number of rotatable bonds is 0. The Morgan fingerprint density at radius 3 is 2.57 bits per heavy atom. The van der Waals surface area contributed by atoms with Gasteiger partial charge in [-0.3, -0.25) is 9.78 Å². The Morgan fingerprint density at radius 2 is 1.86 bits per heavy atom. The van der Waals surface area contributed by atoms with Crippen LogP contribution >= 0.6 is 0 Å². The zero-order valence-corrected chi connectivity index (χ0v) is 7.98. The standard InChI is InChI=1S/C7H8N2O4S/c10-6-4-1-2-14(12,13)3-5(4)8-7(11)9-6/h1-3H2,(H2,8,9,10,11). The number of fused-ring (bicyclic) bond motifs is 1. The van der Waals surface area contributed by atoms with Crippen LogP contribution in [0.25, 0.3) is 0 Å². The van der Waals surface area contributed by atoms with E-state index in [2.05, 4.69) is 9.97 Å². The summed E-state index contributed by atoms with van der Waals surface area (Å²) in [5, 5.41) is 0. The molecule has 2 rings (SSSR count). The smallest absolute Gasteiger partial charge is 0.310 e. The Kier molecular flexibility index (Phi) is 1.84. The lowest BCUT2D eigenvalue weighted by Gasteiger charge is -2.13. The largest absolute Gasteiger partial charge is 0.325 e. The van der Waals surface area contributed by atoms with Gasteiger partial charge in [0, 0.05) is 11.3 Å². The number of H-pyrrole nitrogens is 2. The van der Waals surface area contributed by atoms with Gasteiger partial charge in [0.05, 0.1) is 11.5 Å².